The first-order chi connectivity index (χ1) is 28.7. The van der Waals surface area contributed by atoms with Gasteiger partial charge in [0, 0.05) is 19.5 Å². The van der Waals surface area contributed by atoms with Gasteiger partial charge in [0.1, 0.15) is 0 Å². The molecule has 12 rings (SSSR count). The van der Waals surface area contributed by atoms with Crippen molar-refractivity contribution in [2.75, 3.05) is 0 Å². The highest BCUT2D eigenvalue weighted by Crippen LogP contribution is 2.45. The molecule has 12 aromatic rings. The van der Waals surface area contributed by atoms with Crippen LogP contribution in [0.25, 0.3) is 118 Å². The maximum Gasteiger partial charge on any atom is 0.0449 e. The Labute approximate surface area is 344 Å². The molecule has 0 aliphatic heterocycles. The second kappa shape index (κ2) is 13.4. The van der Waals surface area contributed by atoms with Gasteiger partial charge < -0.3 is 0 Å². The minimum atomic E-state index is 1.24. The highest BCUT2D eigenvalue weighted by atomic mass is 32.1. The summed E-state index contributed by atoms with van der Waals surface area (Å²) in [6.45, 7) is 0. The fourth-order valence-corrected chi connectivity index (χ4v) is 11.2. The Balaban J connectivity index is 0.903. The van der Waals surface area contributed by atoms with Gasteiger partial charge in [-0.2, -0.15) is 0 Å². The molecule has 2 heteroatoms. The molecule has 0 aliphatic rings. The standard InChI is InChI=1S/C56H34S2/c1-3-11-35(12-4-1)37-19-23-45-47-25-21-39(33-51(47)43-17-9-7-15-41(43)49(45)31-37)53-27-29-55(57-53)56-30-28-54(58-56)40-22-26-48-46-24-20-38(36-13-5-2-6-14-36)32-50(46)42-16-8-10-18-44(42)52(48)34-40/h1-34H. The van der Waals surface area contributed by atoms with E-state index >= 15 is 0 Å². The highest BCUT2D eigenvalue weighted by Gasteiger charge is 2.15. The maximum absolute atomic E-state index is 2.41. The van der Waals surface area contributed by atoms with Crippen molar-refractivity contribution in [3.63, 3.8) is 0 Å². The monoisotopic (exact) mass is 770 g/mol. The van der Waals surface area contributed by atoms with E-state index in [1.165, 1.54) is 118 Å². The van der Waals surface area contributed by atoms with E-state index in [9.17, 15) is 0 Å². The van der Waals surface area contributed by atoms with Gasteiger partial charge in [-0.3, -0.25) is 0 Å². The zero-order chi connectivity index (χ0) is 38.2. The summed E-state index contributed by atoms with van der Waals surface area (Å²) in [5.74, 6) is 0. The zero-order valence-corrected chi connectivity index (χ0v) is 33.1. The largest absolute Gasteiger partial charge is 0.134 e. The fourth-order valence-electron chi connectivity index (χ4n) is 9.09. The number of benzene rings is 10. The lowest BCUT2D eigenvalue weighted by Gasteiger charge is -2.13. The summed E-state index contributed by atoms with van der Waals surface area (Å²) in [5.41, 5.74) is 7.50. The molecule has 0 N–H and O–H groups in total. The van der Waals surface area contributed by atoms with E-state index < -0.39 is 0 Å². The summed E-state index contributed by atoms with van der Waals surface area (Å²) in [4.78, 5) is 5.18. The first-order valence-electron chi connectivity index (χ1n) is 19.8. The molecule has 2 aromatic heterocycles. The highest BCUT2D eigenvalue weighted by molar-refractivity contribution is 7.25. The van der Waals surface area contributed by atoms with Crippen LogP contribution in [0.15, 0.2) is 206 Å². The van der Waals surface area contributed by atoms with E-state index in [1.54, 1.807) is 0 Å². The third-order valence-electron chi connectivity index (χ3n) is 11.9. The summed E-state index contributed by atoms with van der Waals surface area (Å²) in [5, 5.41) is 15.6. The summed E-state index contributed by atoms with van der Waals surface area (Å²) >= 11 is 3.76. The van der Waals surface area contributed by atoms with Gasteiger partial charge in [-0.1, -0.05) is 158 Å². The van der Waals surface area contributed by atoms with Crippen LogP contribution in [0.4, 0.5) is 0 Å². The average molecular weight is 771 g/mol. The van der Waals surface area contributed by atoms with Crippen molar-refractivity contribution in [3.8, 4) is 52.9 Å². The summed E-state index contributed by atoms with van der Waals surface area (Å²) in [6.07, 6.45) is 0. The van der Waals surface area contributed by atoms with Crippen LogP contribution in [0.5, 0.6) is 0 Å². The second-order valence-electron chi connectivity index (χ2n) is 15.2. The first-order valence-corrected chi connectivity index (χ1v) is 21.4. The molecule has 0 radical (unpaired) electrons. The molecular formula is C56H34S2. The van der Waals surface area contributed by atoms with Crippen molar-refractivity contribution in [1.82, 2.24) is 0 Å². The van der Waals surface area contributed by atoms with Crippen LogP contribution in [-0.4, -0.2) is 0 Å². The van der Waals surface area contributed by atoms with Gasteiger partial charge in [0.2, 0.25) is 0 Å². The molecule has 0 bridgehead atoms. The Morgan fingerprint density at radius 1 is 0.172 bits per heavy atom. The molecular weight excluding hydrogens is 737 g/mol. The minimum Gasteiger partial charge on any atom is -0.134 e. The fraction of sp³-hybridized carbons (Fsp3) is 0. The minimum absolute atomic E-state index is 1.24. The Morgan fingerprint density at radius 3 is 0.810 bits per heavy atom. The Morgan fingerprint density at radius 2 is 0.448 bits per heavy atom. The lowest BCUT2D eigenvalue weighted by molar-refractivity contribution is 1.65. The van der Waals surface area contributed by atoms with Crippen LogP contribution >= 0.6 is 22.7 Å². The van der Waals surface area contributed by atoms with Gasteiger partial charge in [-0.15, -0.1) is 22.7 Å². The van der Waals surface area contributed by atoms with Gasteiger partial charge in [0.15, 0.2) is 0 Å². The van der Waals surface area contributed by atoms with Crippen LogP contribution in [0.3, 0.4) is 0 Å². The van der Waals surface area contributed by atoms with Gasteiger partial charge in [-0.05, 0) is 147 Å². The quantitative estimate of drug-likeness (QED) is 0.153. The number of hydrogen-bond acceptors (Lipinski definition) is 2. The molecule has 10 aromatic carbocycles. The number of rotatable bonds is 5. The van der Waals surface area contributed by atoms with E-state index in [-0.39, 0.29) is 0 Å². The molecule has 2 heterocycles. The third-order valence-corrected chi connectivity index (χ3v) is 14.4. The van der Waals surface area contributed by atoms with Crippen molar-refractivity contribution < 1.29 is 0 Å². The van der Waals surface area contributed by atoms with Gasteiger partial charge >= 0.3 is 0 Å². The van der Waals surface area contributed by atoms with Crippen LogP contribution in [0.1, 0.15) is 0 Å². The average Bonchev–Trinajstić information content (AvgIpc) is 4.01. The predicted molar refractivity (Wildman–Crippen MR) is 254 cm³/mol. The topological polar surface area (TPSA) is 0 Å². The van der Waals surface area contributed by atoms with Crippen LogP contribution < -0.4 is 0 Å². The smallest absolute Gasteiger partial charge is 0.0449 e. The summed E-state index contributed by atoms with van der Waals surface area (Å²) in [7, 11) is 0. The van der Waals surface area contributed by atoms with Crippen molar-refractivity contribution in [2.24, 2.45) is 0 Å². The van der Waals surface area contributed by atoms with Crippen molar-refractivity contribution >= 4 is 87.3 Å². The number of hydrogen-bond donors (Lipinski definition) is 0. The Hall–Kier alpha value is -6.84. The summed E-state index contributed by atoms with van der Waals surface area (Å²) in [6, 6.07) is 76.3. The van der Waals surface area contributed by atoms with Crippen molar-refractivity contribution in [3.05, 3.63) is 206 Å². The second-order valence-corrected chi connectivity index (χ2v) is 17.4. The van der Waals surface area contributed by atoms with Crippen LogP contribution in [0, 0.1) is 0 Å². The maximum atomic E-state index is 2.41. The molecule has 0 saturated carbocycles. The van der Waals surface area contributed by atoms with Gasteiger partial charge in [0.25, 0.3) is 0 Å². The molecule has 58 heavy (non-hydrogen) atoms. The van der Waals surface area contributed by atoms with E-state index in [2.05, 4.69) is 206 Å². The number of fused-ring (bicyclic) bond motifs is 12. The molecule has 0 unspecified atom stereocenters. The van der Waals surface area contributed by atoms with Gasteiger partial charge in [-0.25, -0.2) is 0 Å². The van der Waals surface area contributed by atoms with Crippen molar-refractivity contribution in [2.45, 2.75) is 0 Å². The van der Waals surface area contributed by atoms with E-state index in [4.69, 9.17) is 0 Å². The predicted octanol–water partition coefficient (Wildman–Crippen LogP) is 17.1. The van der Waals surface area contributed by atoms with Crippen molar-refractivity contribution in [1.29, 1.82) is 0 Å². The molecule has 0 aliphatic carbocycles. The molecule has 0 fully saturated rings. The SMILES string of the molecule is c1ccc(-c2ccc3c4ccc(-c5ccc(-c6ccc(-c7ccc8c9ccc(-c%10ccccc%10)cc9c9ccccc9c8c7)s6)s5)cc4c4ccccc4c3c2)cc1. The Kier molecular flexibility index (Phi) is 7.69. The van der Waals surface area contributed by atoms with E-state index in [0.29, 0.717) is 0 Å². The number of thiophene rings is 2. The third kappa shape index (κ3) is 5.41. The van der Waals surface area contributed by atoms with Gasteiger partial charge in [0.05, 0.1) is 0 Å². The molecule has 0 nitrogen and oxygen atoms in total. The normalized spacial score (nSPS) is 11.8. The molecule has 0 spiro atoms. The van der Waals surface area contributed by atoms with E-state index in [0.717, 1.165) is 0 Å². The first kappa shape index (κ1) is 33.3. The summed E-state index contributed by atoms with van der Waals surface area (Å²) < 4.78 is 0. The molecule has 0 atom stereocenters. The van der Waals surface area contributed by atoms with Crippen LogP contribution in [-0.2, 0) is 0 Å². The van der Waals surface area contributed by atoms with E-state index in [1.807, 2.05) is 22.7 Å². The lowest BCUT2D eigenvalue weighted by Crippen LogP contribution is -1.86. The molecule has 270 valence electrons. The molecule has 0 saturated heterocycles. The Bertz CT molecular complexity index is 3270. The molecule has 0 amide bonds. The van der Waals surface area contributed by atoms with Crippen LogP contribution in [0.2, 0.25) is 0 Å². The lowest BCUT2D eigenvalue weighted by atomic mass is 9.91. The zero-order valence-electron chi connectivity index (χ0n) is 31.4.